The van der Waals surface area contributed by atoms with Crippen LogP contribution in [0.3, 0.4) is 0 Å². The molecule has 0 aliphatic carbocycles. The van der Waals surface area contributed by atoms with Crippen molar-refractivity contribution >= 4 is 5.69 Å². The van der Waals surface area contributed by atoms with Gasteiger partial charge in [-0.15, -0.1) is 0 Å². The molecule has 0 saturated carbocycles. The number of benzene rings is 4. The van der Waals surface area contributed by atoms with Gasteiger partial charge in [-0.25, -0.2) is 13.6 Å². The van der Waals surface area contributed by atoms with Crippen LogP contribution < -0.4 is 9.47 Å². The van der Waals surface area contributed by atoms with E-state index in [1.807, 2.05) is 6.07 Å². The van der Waals surface area contributed by atoms with Crippen LogP contribution in [0, 0.1) is 29.5 Å². The lowest BCUT2D eigenvalue weighted by Gasteiger charge is -2.11. The molecule has 4 rings (SSSR count). The van der Waals surface area contributed by atoms with Gasteiger partial charge in [0.2, 0.25) is 6.79 Å². The van der Waals surface area contributed by atoms with E-state index in [9.17, 15) is 8.78 Å². The Hall–Kier alpha value is -4.68. The van der Waals surface area contributed by atoms with Gasteiger partial charge in [0.1, 0.15) is 23.1 Å². The van der Waals surface area contributed by atoms with Crippen LogP contribution in [-0.4, -0.2) is 6.79 Å². The van der Waals surface area contributed by atoms with Crippen LogP contribution in [0.4, 0.5) is 14.5 Å². The minimum absolute atomic E-state index is 0. The Balaban J connectivity index is 0.00000138. The predicted octanol–water partition coefficient (Wildman–Crippen LogP) is 9.83. The van der Waals surface area contributed by atoms with Crippen molar-refractivity contribution in [2.24, 2.45) is 0 Å². The van der Waals surface area contributed by atoms with Gasteiger partial charge >= 0.3 is 0 Å². The van der Waals surface area contributed by atoms with Crippen molar-refractivity contribution in [1.82, 2.24) is 0 Å². The molecule has 38 heavy (non-hydrogen) atoms. The SMILES string of the molecule is C.C.CCC.[C-]#[N+]c1ccc(-c2ccc(OCOc3ccc(-c4ccc(C#N)cc4)c(F)c3)cc2F)cc1. The Morgan fingerprint density at radius 3 is 1.53 bits per heavy atom. The van der Waals surface area contributed by atoms with E-state index in [0.29, 0.717) is 33.5 Å². The van der Waals surface area contributed by atoms with E-state index < -0.39 is 11.6 Å². The van der Waals surface area contributed by atoms with Crippen molar-refractivity contribution in [2.75, 3.05) is 6.79 Å². The molecule has 4 nitrogen and oxygen atoms in total. The highest BCUT2D eigenvalue weighted by Crippen LogP contribution is 2.29. The number of nitrogens with zero attached hydrogens (tertiary/aromatic N) is 2. The normalized spacial score (nSPS) is 9.32. The van der Waals surface area contributed by atoms with E-state index in [1.54, 1.807) is 72.8 Å². The Morgan fingerprint density at radius 1 is 0.737 bits per heavy atom. The minimum atomic E-state index is -0.475. The third-order valence-electron chi connectivity index (χ3n) is 4.96. The molecule has 0 saturated heterocycles. The Kier molecular flexibility index (Phi) is 12.7. The second-order valence-electron chi connectivity index (χ2n) is 7.74. The lowest BCUT2D eigenvalue weighted by atomic mass is 10.0. The lowest BCUT2D eigenvalue weighted by Crippen LogP contribution is -2.06. The first-order valence-corrected chi connectivity index (χ1v) is 11.3. The van der Waals surface area contributed by atoms with Crippen LogP contribution in [0.15, 0.2) is 84.9 Å². The second-order valence-corrected chi connectivity index (χ2v) is 7.74. The van der Waals surface area contributed by atoms with Gasteiger partial charge in [0.25, 0.3) is 0 Å². The highest BCUT2D eigenvalue weighted by atomic mass is 19.1. The molecule has 4 aromatic carbocycles. The monoisotopic (exact) mass is 514 g/mol. The van der Waals surface area contributed by atoms with Gasteiger partial charge in [-0.1, -0.05) is 71.5 Å². The van der Waals surface area contributed by atoms with Crippen molar-refractivity contribution in [1.29, 1.82) is 5.26 Å². The molecule has 0 bridgehead atoms. The van der Waals surface area contributed by atoms with Gasteiger partial charge < -0.3 is 9.47 Å². The second kappa shape index (κ2) is 15.4. The fourth-order valence-corrected chi connectivity index (χ4v) is 3.24. The molecule has 0 fully saturated rings. The van der Waals surface area contributed by atoms with Crippen LogP contribution in [0.1, 0.15) is 40.7 Å². The molecule has 0 N–H and O–H groups in total. The third kappa shape index (κ3) is 8.18. The highest BCUT2D eigenvalue weighted by molar-refractivity contribution is 5.68. The maximum atomic E-state index is 14.5. The molecule has 0 aliphatic rings. The molecule has 0 aliphatic heterocycles. The minimum Gasteiger partial charge on any atom is -0.457 e. The van der Waals surface area contributed by atoms with Crippen LogP contribution in [0.2, 0.25) is 0 Å². The molecule has 0 unspecified atom stereocenters. The Labute approximate surface area is 224 Å². The van der Waals surface area contributed by atoms with E-state index in [0.717, 1.165) is 0 Å². The average Bonchev–Trinajstić information content (AvgIpc) is 2.90. The third-order valence-corrected chi connectivity index (χ3v) is 4.96. The van der Waals surface area contributed by atoms with Gasteiger partial charge in [-0.05, 0) is 47.5 Å². The van der Waals surface area contributed by atoms with Crippen LogP contribution in [0.5, 0.6) is 11.5 Å². The summed E-state index contributed by atoms with van der Waals surface area (Å²) < 4.78 is 39.9. The maximum absolute atomic E-state index is 14.5. The number of hydrogen-bond donors (Lipinski definition) is 0. The number of halogens is 2. The first-order chi connectivity index (χ1) is 17.5. The van der Waals surface area contributed by atoms with E-state index in [1.165, 1.54) is 18.6 Å². The summed E-state index contributed by atoms with van der Waals surface area (Å²) in [5.41, 5.74) is 3.06. The Bertz CT molecular complexity index is 1280. The summed E-state index contributed by atoms with van der Waals surface area (Å²) in [4.78, 5) is 3.32. The average molecular weight is 515 g/mol. The number of nitriles is 1. The van der Waals surface area contributed by atoms with E-state index in [2.05, 4.69) is 18.7 Å². The molecular formula is C32H32F2N2O2. The van der Waals surface area contributed by atoms with Crippen molar-refractivity contribution in [3.63, 3.8) is 0 Å². The molecule has 0 heterocycles. The first kappa shape index (κ1) is 31.4. The first-order valence-electron chi connectivity index (χ1n) is 11.3. The van der Waals surface area contributed by atoms with E-state index in [4.69, 9.17) is 21.3 Å². The molecule has 0 amide bonds. The molecule has 196 valence electrons. The summed E-state index contributed by atoms with van der Waals surface area (Å²) in [6, 6.07) is 24.1. The molecule has 0 spiro atoms. The number of rotatable bonds is 6. The van der Waals surface area contributed by atoms with Crippen LogP contribution >= 0.6 is 0 Å². The zero-order valence-electron chi connectivity index (χ0n) is 20.0. The summed E-state index contributed by atoms with van der Waals surface area (Å²) in [7, 11) is 0. The summed E-state index contributed by atoms with van der Waals surface area (Å²) in [5.74, 6) is -0.414. The standard InChI is InChI=1S/C27H16F2N2O2.C3H8.2CH4/c1-31-21-8-6-20(7-9-21)25-13-11-23(15-27(25)29)33-17-32-22-10-12-24(26(28)14-22)19-4-2-18(16-30)3-5-19;1-3-2;;/h2-15H,17H2;3H2,1-2H3;2*1H4. The quantitative estimate of drug-likeness (QED) is 0.190. The molecule has 4 aromatic rings. The van der Waals surface area contributed by atoms with Crippen molar-refractivity contribution in [2.45, 2.75) is 35.1 Å². The number of ether oxygens (including phenoxy) is 2. The summed E-state index contributed by atoms with van der Waals surface area (Å²) in [6.07, 6.45) is 1.25. The van der Waals surface area contributed by atoms with E-state index in [-0.39, 0.29) is 33.1 Å². The molecule has 0 radical (unpaired) electrons. The molecule has 0 atom stereocenters. The van der Waals surface area contributed by atoms with Crippen molar-refractivity contribution < 1.29 is 18.3 Å². The molecular weight excluding hydrogens is 482 g/mol. The van der Waals surface area contributed by atoms with Crippen LogP contribution in [-0.2, 0) is 0 Å². The van der Waals surface area contributed by atoms with Gasteiger partial charge in [0.05, 0.1) is 18.2 Å². The topological polar surface area (TPSA) is 46.6 Å². The van der Waals surface area contributed by atoms with Gasteiger partial charge in [-0.2, -0.15) is 5.26 Å². The largest absolute Gasteiger partial charge is 0.457 e. The molecule has 0 aromatic heterocycles. The van der Waals surface area contributed by atoms with Gasteiger partial charge in [0.15, 0.2) is 5.69 Å². The fraction of sp³-hybridized carbons (Fsp3) is 0.188. The fourth-order valence-electron chi connectivity index (χ4n) is 3.24. The maximum Gasteiger partial charge on any atom is 0.230 e. The van der Waals surface area contributed by atoms with Gasteiger partial charge in [0, 0.05) is 23.3 Å². The van der Waals surface area contributed by atoms with Gasteiger partial charge in [-0.3, -0.25) is 0 Å². The summed E-state index contributed by atoms with van der Waals surface area (Å²) >= 11 is 0. The predicted molar refractivity (Wildman–Crippen MR) is 150 cm³/mol. The van der Waals surface area contributed by atoms with Crippen molar-refractivity contribution in [3.8, 4) is 39.8 Å². The number of hydrogen-bond acceptors (Lipinski definition) is 3. The van der Waals surface area contributed by atoms with Crippen molar-refractivity contribution in [3.05, 3.63) is 114 Å². The molecule has 6 heteroatoms. The Morgan fingerprint density at radius 2 is 1.16 bits per heavy atom. The summed E-state index contributed by atoms with van der Waals surface area (Å²) in [5, 5.41) is 8.87. The highest BCUT2D eigenvalue weighted by Gasteiger charge is 2.09. The zero-order valence-corrected chi connectivity index (χ0v) is 20.0. The summed E-state index contributed by atoms with van der Waals surface area (Å²) in [6.45, 7) is 11.0. The smallest absolute Gasteiger partial charge is 0.230 e. The lowest BCUT2D eigenvalue weighted by molar-refractivity contribution is 0.119. The van der Waals surface area contributed by atoms with Crippen LogP contribution in [0.25, 0.3) is 27.1 Å². The van der Waals surface area contributed by atoms with E-state index >= 15 is 0 Å². The zero-order chi connectivity index (χ0) is 25.9.